The van der Waals surface area contributed by atoms with Crippen LogP contribution in [-0.2, 0) is 4.74 Å². The maximum Gasteiger partial charge on any atom is 0.337 e. The van der Waals surface area contributed by atoms with Crippen molar-refractivity contribution >= 4 is 47.3 Å². The summed E-state index contributed by atoms with van der Waals surface area (Å²) in [5.41, 5.74) is 1.28. The highest BCUT2D eigenvalue weighted by atomic mass is 32.1. The number of anilines is 2. The van der Waals surface area contributed by atoms with Crippen LogP contribution in [0.3, 0.4) is 0 Å². The summed E-state index contributed by atoms with van der Waals surface area (Å²) in [6.45, 7) is 0. The summed E-state index contributed by atoms with van der Waals surface area (Å²) in [4.78, 5) is 23.9. The molecule has 0 bridgehead atoms. The highest BCUT2D eigenvalue weighted by Crippen LogP contribution is 2.24. The lowest BCUT2D eigenvalue weighted by Crippen LogP contribution is -2.27. The molecule has 122 valence electrons. The minimum atomic E-state index is -0.542. The number of nitrogens with one attached hydrogen (secondary N) is 1. The van der Waals surface area contributed by atoms with Crippen LogP contribution in [-0.4, -0.2) is 24.3 Å². The molecule has 7 nitrogen and oxygen atoms in total. The molecule has 0 atom stereocenters. The first-order chi connectivity index (χ1) is 11.6. The number of carbonyl (C=O) groups excluding carboxylic acids is 2. The van der Waals surface area contributed by atoms with Crippen molar-refractivity contribution in [2.24, 2.45) is 0 Å². The molecule has 0 saturated carbocycles. The molecule has 3 aromatic rings. The van der Waals surface area contributed by atoms with Gasteiger partial charge in [-0.2, -0.15) is 0 Å². The van der Waals surface area contributed by atoms with Gasteiger partial charge in [0.25, 0.3) is 0 Å². The maximum atomic E-state index is 12.3. The predicted octanol–water partition coefficient (Wildman–Crippen LogP) is 3.50. The van der Waals surface area contributed by atoms with Crippen molar-refractivity contribution in [1.82, 2.24) is 5.16 Å². The van der Waals surface area contributed by atoms with Crippen LogP contribution < -0.4 is 9.62 Å². The first-order valence-corrected chi connectivity index (χ1v) is 7.33. The largest absolute Gasteiger partial charge is 0.465 e. The number of amides is 2. The van der Waals surface area contributed by atoms with Crippen LogP contribution in [0.25, 0.3) is 11.0 Å². The van der Waals surface area contributed by atoms with Crippen LogP contribution in [0, 0.1) is 0 Å². The molecule has 0 aliphatic carbocycles. The molecule has 1 heterocycles. The number of hydrogen-bond donors (Lipinski definition) is 2. The zero-order valence-electron chi connectivity index (χ0n) is 12.6. The van der Waals surface area contributed by atoms with Crippen molar-refractivity contribution in [2.45, 2.75) is 0 Å². The number of nitrogens with zero attached hydrogens (tertiary/aromatic N) is 2. The fourth-order valence-corrected chi connectivity index (χ4v) is 2.30. The average Bonchev–Trinajstić information content (AvgIpc) is 3.03. The van der Waals surface area contributed by atoms with E-state index < -0.39 is 12.0 Å². The predicted molar refractivity (Wildman–Crippen MR) is 92.3 cm³/mol. The molecule has 8 heteroatoms. The molecule has 0 spiro atoms. The molecule has 24 heavy (non-hydrogen) atoms. The van der Waals surface area contributed by atoms with E-state index in [0.717, 1.165) is 4.31 Å². The Morgan fingerprint density at radius 3 is 2.79 bits per heavy atom. The maximum absolute atomic E-state index is 12.3. The van der Waals surface area contributed by atoms with E-state index in [4.69, 9.17) is 4.52 Å². The molecule has 1 aromatic heterocycles. The van der Waals surface area contributed by atoms with Crippen LogP contribution in [0.5, 0.6) is 0 Å². The first-order valence-electron chi connectivity index (χ1n) is 6.93. The van der Waals surface area contributed by atoms with Crippen LogP contribution >= 0.6 is 12.8 Å². The lowest BCUT2D eigenvalue weighted by atomic mass is 10.2. The Hall–Kier alpha value is -3.00. The van der Waals surface area contributed by atoms with Gasteiger partial charge >= 0.3 is 12.0 Å². The molecule has 1 N–H and O–H groups in total. The number of methoxy groups -OCH3 is 1. The molecular formula is C16H13N3O4S. The zero-order chi connectivity index (χ0) is 17.1. The van der Waals surface area contributed by atoms with Crippen LogP contribution in [0.1, 0.15) is 10.4 Å². The third-order valence-electron chi connectivity index (χ3n) is 3.31. The van der Waals surface area contributed by atoms with Gasteiger partial charge in [-0.3, -0.25) is 5.32 Å². The van der Waals surface area contributed by atoms with Crippen molar-refractivity contribution in [3.05, 3.63) is 54.1 Å². The minimum Gasteiger partial charge on any atom is -0.465 e. The number of esters is 1. The Morgan fingerprint density at radius 2 is 2.00 bits per heavy atom. The lowest BCUT2D eigenvalue weighted by molar-refractivity contribution is 0.0600. The Morgan fingerprint density at radius 1 is 1.21 bits per heavy atom. The van der Waals surface area contributed by atoms with E-state index >= 15 is 0 Å². The zero-order valence-corrected chi connectivity index (χ0v) is 13.5. The van der Waals surface area contributed by atoms with E-state index in [1.807, 2.05) is 12.1 Å². The van der Waals surface area contributed by atoms with Gasteiger partial charge in [0.1, 0.15) is 0 Å². The van der Waals surface area contributed by atoms with Crippen LogP contribution in [0.2, 0.25) is 0 Å². The molecule has 0 unspecified atom stereocenters. The Bertz CT molecular complexity index is 909. The summed E-state index contributed by atoms with van der Waals surface area (Å²) in [7, 11) is 1.29. The van der Waals surface area contributed by atoms with Gasteiger partial charge < -0.3 is 9.26 Å². The van der Waals surface area contributed by atoms with Gasteiger partial charge in [0, 0.05) is 0 Å². The van der Waals surface area contributed by atoms with Crippen molar-refractivity contribution in [3.8, 4) is 0 Å². The van der Waals surface area contributed by atoms with Crippen LogP contribution in [0.4, 0.5) is 16.3 Å². The van der Waals surface area contributed by atoms with Gasteiger partial charge in [0.05, 0.1) is 23.7 Å². The average molecular weight is 343 g/mol. The number of benzene rings is 2. The quantitative estimate of drug-likeness (QED) is 0.562. The highest BCUT2D eigenvalue weighted by Gasteiger charge is 2.17. The van der Waals surface area contributed by atoms with E-state index in [1.54, 1.807) is 30.3 Å². The third kappa shape index (κ3) is 3.04. The van der Waals surface area contributed by atoms with Crippen LogP contribution in [0.15, 0.2) is 53.1 Å². The molecule has 0 fully saturated rings. The van der Waals surface area contributed by atoms with Gasteiger partial charge in [0.15, 0.2) is 11.4 Å². The summed E-state index contributed by atoms with van der Waals surface area (Å²) in [6.07, 6.45) is 0. The van der Waals surface area contributed by atoms with Crippen molar-refractivity contribution < 1.29 is 18.8 Å². The molecule has 0 radical (unpaired) electrons. The lowest BCUT2D eigenvalue weighted by Gasteiger charge is -2.16. The number of rotatable bonds is 3. The van der Waals surface area contributed by atoms with E-state index in [2.05, 4.69) is 28.0 Å². The molecular weight excluding hydrogens is 330 g/mol. The fraction of sp³-hybridized carbons (Fsp3) is 0.0625. The molecule has 3 rings (SSSR count). The number of fused-ring (bicyclic) bond motifs is 1. The Balaban J connectivity index is 1.81. The van der Waals surface area contributed by atoms with E-state index in [1.165, 1.54) is 13.2 Å². The molecule has 0 saturated heterocycles. The number of thiol groups is 1. The molecule has 2 amide bonds. The molecule has 0 aliphatic rings. The summed E-state index contributed by atoms with van der Waals surface area (Å²) in [5, 5.41) is 7.12. The Kier molecular flexibility index (Phi) is 4.39. The monoisotopic (exact) mass is 343 g/mol. The van der Waals surface area contributed by atoms with Gasteiger partial charge in [-0.25, -0.2) is 13.9 Å². The van der Waals surface area contributed by atoms with Gasteiger partial charge in [-0.05, 0) is 30.3 Å². The summed E-state index contributed by atoms with van der Waals surface area (Å²) in [6, 6.07) is 13.0. The molecule has 0 aliphatic heterocycles. The van der Waals surface area contributed by atoms with Gasteiger partial charge in [0.2, 0.25) is 0 Å². The van der Waals surface area contributed by atoms with E-state index in [9.17, 15) is 9.59 Å². The van der Waals surface area contributed by atoms with Crippen molar-refractivity contribution in [1.29, 1.82) is 0 Å². The molecule has 2 aromatic carbocycles. The second-order valence-electron chi connectivity index (χ2n) is 4.81. The first kappa shape index (κ1) is 15.9. The number of carbonyl (C=O) groups is 2. The third-order valence-corrected chi connectivity index (χ3v) is 3.72. The normalized spacial score (nSPS) is 10.4. The van der Waals surface area contributed by atoms with Crippen molar-refractivity contribution in [3.63, 3.8) is 0 Å². The van der Waals surface area contributed by atoms with E-state index in [0.29, 0.717) is 28.0 Å². The number of urea groups is 1. The summed E-state index contributed by atoms with van der Waals surface area (Å²) in [5.74, 6) is -0.208. The summed E-state index contributed by atoms with van der Waals surface area (Å²) < 4.78 is 10.9. The Labute approximate surface area is 142 Å². The number of aromatic nitrogens is 1. The number of hydrogen-bond acceptors (Lipinski definition) is 6. The van der Waals surface area contributed by atoms with E-state index in [-0.39, 0.29) is 0 Å². The highest BCUT2D eigenvalue weighted by molar-refractivity contribution is 7.82. The smallest absolute Gasteiger partial charge is 0.337 e. The minimum absolute atomic E-state index is 0.291. The number of ether oxygens (including phenoxy) is 1. The summed E-state index contributed by atoms with van der Waals surface area (Å²) >= 11 is 4.18. The van der Waals surface area contributed by atoms with Crippen molar-refractivity contribution in [2.75, 3.05) is 16.7 Å². The topological polar surface area (TPSA) is 84.7 Å². The SMILES string of the molecule is COC(=O)c1cccc(N(S)C(=O)Nc2noc3ccccc23)c1. The number of para-hydroxylation sites is 1. The second-order valence-corrected chi connectivity index (χ2v) is 5.21. The standard InChI is InChI=1S/C16H13N3O4S/c1-22-15(20)10-5-4-6-11(9-10)19(24)16(21)17-14-12-7-2-3-8-13(12)23-18-14/h2-9,24H,1H3,(H,17,18,21). The second kappa shape index (κ2) is 6.63. The van der Waals surface area contributed by atoms with Gasteiger partial charge in [-0.15, -0.1) is 0 Å². The fourth-order valence-electron chi connectivity index (χ4n) is 2.13. The van der Waals surface area contributed by atoms with Gasteiger partial charge in [-0.1, -0.05) is 36.2 Å².